The van der Waals surface area contributed by atoms with Crippen molar-refractivity contribution in [2.24, 2.45) is 11.7 Å². The Balaban J connectivity index is 2.43. The zero-order valence-electron chi connectivity index (χ0n) is 13.0. The van der Waals surface area contributed by atoms with Crippen LogP contribution in [0.4, 0.5) is 0 Å². The SMILES string of the molecule is CCCCn1c([C@@H](N)[C@@H](C)C(=O)NC)nc2ccccc21. The van der Waals surface area contributed by atoms with Crippen LogP contribution < -0.4 is 11.1 Å². The van der Waals surface area contributed by atoms with Crippen molar-refractivity contribution in [1.82, 2.24) is 14.9 Å². The molecule has 1 heterocycles. The van der Waals surface area contributed by atoms with E-state index in [1.807, 2.05) is 25.1 Å². The van der Waals surface area contributed by atoms with Crippen LogP contribution in [0.15, 0.2) is 24.3 Å². The molecule has 114 valence electrons. The molecule has 2 rings (SSSR count). The fraction of sp³-hybridized carbons (Fsp3) is 0.500. The molecule has 0 bridgehead atoms. The number of hydrogen-bond acceptors (Lipinski definition) is 3. The highest BCUT2D eigenvalue weighted by Crippen LogP contribution is 2.24. The number of nitrogens with zero attached hydrogens (tertiary/aromatic N) is 2. The summed E-state index contributed by atoms with van der Waals surface area (Å²) in [7, 11) is 1.63. The number of hydrogen-bond donors (Lipinski definition) is 2. The van der Waals surface area contributed by atoms with E-state index in [-0.39, 0.29) is 11.8 Å². The number of aromatic nitrogens is 2. The van der Waals surface area contributed by atoms with Crippen molar-refractivity contribution in [3.8, 4) is 0 Å². The molecule has 1 aromatic heterocycles. The monoisotopic (exact) mass is 288 g/mol. The summed E-state index contributed by atoms with van der Waals surface area (Å²) in [6.07, 6.45) is 2.17. The van der Waals surface area contributed by atoms with Gasteiger partial charge in [0.15, 0.2) is 0 Å². The van der Waals surface area contributed by atoms with E-state index in [4.69, 9.17) is 5.73 Å². The number of carbonyl (C=O) groups is 1. The highest BCUT2D eigenvalue weighted by atomic mass is 16.1. The van der Waals surface area contributed by atoms with E-state index >= 15 is 0 Å². The molecule has 0 aliphatic heterocycles. The van der Waals surface area contributed by atoms with Gasteiger partial charge in [-0.1, -0.05) is 32.4 Å². The van der Waals surface area contributed by atoms with Gasteiger partial charge < -0.3 is 15.6 Å². The Kier molecular flexibility index (Phi) is 4.96. The molecule has 0 saturated heterocycles. The molecule has 2 aromatic rings. The number of amides is 1. The van der Waals surface area contributed by atoms with Gasteiger partial charge in [-0.25, -0.2) is 4.98 Å². The number of para-hydroxylation sites is 2. The average Bonchev–Trinajstić information content (AvgIpc) is 2.89. The standard InChI is InChI=1S/C16H24N4O/c1-4-5-10-20-13-9-7-6-8-12(13)19-15(20)14(17)11(2)16(21)18-3/h6-9,11,14H,4-5,10,17H2,1-3H3,(H,18,21)/t11-,14+/m1/s1. The number of rotatable bonds is 6. The van der Waals surface area contributed by atoms with Gasteiger partial charge in [0.2, 0.25) is 5.91 Å². The molecule has 5 heteroatoms. The minimum Gasteiger partial charge on any atom is -0.359 e. The van der Waals surface area contributed by atoms with Crippen LogP contribution in [0, 0.1) is 5.92 Å². The molecule has 21 heavy (non-hydrogen) atoms. The van der Waals surface area contributed by atoms with Crippen LogP contribution in [-0.4, -0.2) is 22.5 Å². The molecule has 1 amide bonds. The first kappa shape index (κ1) is 15.5. The van der Waals surface area contributed by atoms with Gasteiger partial charge in [-0.2, -0.15) is 0 Å². The van der Waals surface area contributed by atoms with Gasteiger partial charge >= 0.3 is 0 Å². The number of nitrogens with one attached hydrogen (secondary N) is 1. The first-order chi connectivity index (χ1) is 10.1. The molecule has 3 N–H and O–H groups in total. The van der Waals surface area contributed by atoms with E-state index in [1.54, 1.807) is 7.05 Å². The zero-order chi connectivity index (χ0) is 15.4. The Morgan fingerprint density at radius 2 is 2.14 bits per heavy atom. The lowest BCUT2D eigenvalue weighted by atomic mass is 10.0. The van der Waals surface area contributed by atoms with Gasteiger partial charge in [-0.15, -0.1) is 0 Å². The van der Waals surface area contributed by atoms with E-state index in [2.05, 4.69) is 27.9 Å². The third-order valence-electron chi connectivity index (χ3n) is 3.92. The summed E-state index contributed by atoms with van der Waals surface area (Å²) in [5, 5.41) is 2.66. The van der Waals surface area contributed by atoms with Crippen molar-refractivity contribution in [2.45, 2.75) is 39.3 Å². The minimum absolute atomic E-state index is 0.0587. The second-order valence-electron chi connectivity index (χ2n) is 5.39. The molecule has 0 saturated carbocycles. The van der Waals surface area contributed by atoms with Gasteiger partial charge in [0.1, 0.15) is 5.82 Å². The fourth-order valence-electron chi connectivity index (χ4n) is 2.51. The molecule has 0 aliphatic carbocycles. The first-order valence-corrected chi connectivity index (χ1v) is 7.52. The summed E-state index contributed by atoms with van der Waals surface area (Å²) in [6, 6.07) is 7.60. The van der Waals surface area contributed by atoms with Crippen molar-refractivity contribution in [3.63, 3.8) is 0 Å². The minimum atomic E-state index is -0.408. The zero-order valence-corrected chi connectivity index (χ0v) is 13.0. The molecule has 0 aliphatic rings. The van der Waals surface area contributed by atoms with Crippen LogP contribution >= 0.6 is 0 Å². The van der Waals surface area contributed by atoms with Crippen molar-refractivity contribution in [2.75, 3.05) is 7.05 Å². The lowest BCUT2D eigenvalue weighted by Crippen LogP contribution is -2.34. The third-order valence-corrected chi connectivity index (χ3v) is 3.92. The normalized spacial score (nSPS) is 14.1. The number of imidazole rings is 1. The summed E-state index contributed by atoms with van der Waals surface area (Å²) in [5.74, 6) is 0.421. The summed E-state index contributed by atoms with van der Waals surface area (Å²) < 4.78 is 2.16. The Morgan fingerprint density at radius 3 is 2.81 bits per heavy atom. The number of carbonyl (C=O) groups excluding carboxylic acids is 1. The van der Waals surface area contributed by atoms with Crippen LogP contribution in [0.1, 0.15) is 38.6 Å². The van der Waals surface area contributed by atoms with Crippen LogP contribution in [0.3, 0.4) is 0 Å². The maximum Gasteiger partial charge on any atom is 0.224 e. The summed E-state index contributed by atoms with van der Waals surface area (Å²) in [6.45, 7) is 4.87. The number of fused-ring (bicyclic) bond motifs is 1. The summed E-state index contributed by atoms with van der Waals surface area (Å²) in [4.78, 5) is 16.5. The molecule has 0 radical (unpaired) electrons. The second kappa shape index (κ2) is 6.72. The maximum atomic E-state index is 11.8. The van der Waals surface area contributed by atoms with Crippen LogP contribution in [0.5, 0.6) is 0 Å². The molecule has 2 atom stereocenters. The second-order valence-corrected chi connectivity index (χ2v) is 5.39. The molecule has 0 spiro atoms. The van der Waals surface area contributed by atoms with Crippen LogP contribution in [0.25, 0.3) is 11.0 Å². The Hall–Kier alpha value is -1.88. The van der Waals surface area contributed by atoms with E-state index in [1.165, 1.54) is 0 Å². The maximum absolute atomic E-state index is 11.8. The van der Waals surface area contributed by atoms with Gasteiger partial charge in [0.05, 0.1) is 23.0 Å². The Labute approximate surface area is 125 Å². The topological polar surface area (TPSA) is 72.9 Å². The lowest BCUT2D eigenvalue weighted by molar-refractivity contribution is -0.124. The van der Waals surface area contributed by atoms with Crippen molar-refractivity contribution >= 4 is 16.9 Å². The average molecular weight is 288 g/mol. The number of nitrogens with two attached hydrogens (primary N) is 1. The highest BCUT2D eigenvalue weighted by molar-refractivity contribution is 5.79. The molecule has 1 aromatic carbocycles. The number of benzene rings is 1. The third kappa shape index (κ3) is 3.08. The molecular weight excluding hydrogens is 264 g/mol. The summed E-state index contributed by atoms with van der Waals surface area (Å²) >= 11 is 0. The van der Waals surface area contributed by atoms with Crippen molar-refractivity contribution in [3.05, 3.63) is 30.1 Å². The molecule has 0 fully saturated rings. The summed E-state index contributed by atoms with van der Waals surface area (Å²) in [5.41, 5.74) is 8.32. The lowest BCUT2D eigenvalue weighted by Gasteiger charge is -2.19. The highest BCUT2D eigenvalue weighted by Gasteiger charge is 2.26. The Morgan fingerprint density at radius 1 is 1.43 bits per heavy atom. The van der Waals surface area contributed by atoms with Crippen molar-refractivity contribution < 1.29 is 4.79 Å². The van der Waals surface area contributed by atoms with E-state index < -0.39 is 6.04 Å². The fourth-order valence-corrected chi connectivity index (χ4v) is 2.51. The van der Waals surface area contributed by atoms with Crippen LogP contribution in [-0.2, 0) is 11.3 Å². The van der Waals surface area contributed by atoms with Crippen molar-refractivity contribution in [1.29, 1.82) is 0 Å². The van der Waals surface area contributed by atoms with Gasteiger partial charge in [-0.3, -0.25) is 4.79 Å². The van der Waals surface area contributed by atoms with E-state index in [0.717, 1.165) is 36.2 Å². The molecule has 5 nitrogen and oxygen atoms in total. The van der Waals surface area contributed by atoms with Gasteiger partial charge in [0, 0.05) is 13.6 Å². The van der Waals surface area contributed by atoms with E-state index in [0.29, 0.717) is 0 Å². The van der Waals surface area contributed by atoms with E-state index in [9.17, 15) is 4.79 Å². The number of unbranched alkanes of at least 4 members (excludes halogenated alkanes) is 1. The smallest absolute Gasteiger partial charge is 0.224 e. The predicted octanol–water partition coefficient (Wildman–Crippen LogP) is 2.22. The predicted molar refractivity (Wildman–Crippen MR) is 84.8 cm³/mol. The van der Waals surface area contributed by atoms with Crippen LogP contribution in [0.2, 0.25) is 0 Å². The quantitative estimate of drug-likeness (QED) is 0.856. The molecule has 0 unspecified atom stereocenters. The number of aryl methyl sites for hydroxylation is 1. The first-order valence-electron chi connectivity index (χ1n) is 7.52. The molecular formula is C16H24N4O. The van der Waals surface area contributed by atoms with Gasteiger partial charge in [0.25, 0.3) is 0 Å². The largest absolute Gasteiger partial charge is 0.359 e. The Bertz CT molecular complexity index is 620. The van der Waals surface area contributed by atoms with Gasteiger partial charge in [-0.05, 0) is 18.6 Å².